The Bertz CT molecular complexity index is 845. The first-order valence-corrected chi connectivity index (χ1v) is 9.59. The van der Waals surface area contributed by atoms with Gasteiger partial charge < -0.3 is 24.8 Å². The van der Waals surface area contributed by atoms with E-state index in [9.17, 15) is 9.59 Å². The van der Waals surface area contributed by atoms with Gasteiger partial charge in [-0.3, -0.25) is 9.59 Å². The number of carbonyl (C=O) groups is 2. The van der Waals surface area contributed by atoms with Crippen molar-refractivity contribution in [2.24, 2.45) is 0 Å². The fraction of sp³-hybridized carbons (Fsp3) is 0.364. The van der Waals surface area contributed by atoms with Crippen LogP contribution in [0.5, 0.6) is 11.5 Å². The molecule has 29 heavy (non-hydrogen) atoms. The van der Waals surface area contributed by atoms with Gasteiger partial charge in [-0.1, -0.05) is 12.1 Å². The number of hydrogen-bond acceptors (Lipinski definition) is 5. The number of amides is 2. The summed E-state index contributed by atoms with van der Waals surface area (Å²) in [5, 5.41) is 5.76. The first kappa shape index (κ1) is 20.7. The van der Waals surface area contributed by atoms with Gasteiger partial charge in [0.1, 0.15) is 0 Å². The predicted molar refractivity (Wildman–Crippen MR) is 108 cm³/mol. The molecule has 1 aliphatic heterocycles. The Balaban J connectivity index is 1.51. The highest BCUT2D eigenvalue weighted by Gasteiger charge is 2.16. The zero-order valence-corrected chi connectivity index (χ0v) is 16.7. The van der Waals surface area contributed by atoms with Crippen LogP contribution in [0.25, 0.3) is 0 Å². The molecule has 2 aromatic rings. The predicted octanol–water partition coefficient (Wildman–Crippen LogP) is 2.54. The highest BCUT2D eigenvalue weighted by molar-refractivity contribution is 5.95. The second kappa shape index (κ2) is 9.93. The van der Waals surface area contributed by atoms with E-state index in [1.54, 1.807) is 37.4 Å². The van der Waals surface area contributed by atoms with Gasteiger partial charge in [0.2, 0.25) is 0 Å². The smallest absolute Gasteiger partial charge is 0.251 e. The zero-order chi connectivity index (χ0) is 20.6. The van der Waals surface area contributed by atoms with Crippen molar-refractivity contribution < 1.29 is 23.8 Å². The van der Waals surface area contributed by atoms with Crippen LogP contribution in [0.1, 0.15) is 39.1 Å². The number of methoxy groups -OCH3 is 2. The van der Waals surface area contributed by atoms with E-state index in [-0.39, 0.29) is 17.9 Å². The lowest BCUT2D eigenvalue weighted by Crippen LogP contribution is -2.31. The van der Waals surface area contributed by atoms with Gasteiger partial charge in [-0.25, -0.2) is 0 Å². The summed E-state index contributed by atoms with van der Waals surface area (Å²) in [7, 11) is 3.07. The summed E-state index contributed by atoms with van der Waals surface area (Å²) < 4.78 is 15.9. The van der Waals surface area contributed by atoms with E-state index in [1.165, 1.54) is 7.11 Å². The lowest BCUT2D eigenvalue weighted by atomic mass is 10.1. The maximum Gasteiger partial charge on any atom is 0.251 e. The second-order valence-electron chi connectivity index (χ2n) is 6.79. The molecule has 1 aliphatic rings. The van der Waals surface area contributed by atoms with Crippen molar-refractivity contribution in [1.82, 2.24) is 10.6 Å². The largest absolute Gasteiger partial charge is 0.493 e. The molecule has 0 saturated carbocycles. The van der Waals surface area contributed by atoms with Gasteiger partial charge in [0, 0.05) is 30.8 Å². The van der Waals surface area contributed by atoms with Crippen LogP contribution in [0.15, 0.2) is 42.5 Å². The molecule has 1 fully saturated rings. The van der Waals surface area contributed by atoms with Crippen molar-refractivity contribution >= 4 is 11.8 Å². The Kier molecular flexibility index (Phi) is 7.08. The molecule has 1 saturated heterocycles. The van der Waals surface area contributed by atoms with Gasteiger partial charge in [0.15, 0.2) is 11.5 Å². The molecule has 2 aromatic carbocycles. The van der Waals surface area contributed by atoms with Gasteiger partial charge in [-0.15, -0.1) is 0 Å². The molecule has 7 nitrogen and oxygen atoms in total. The summed E-state index contributed by atoms with van der Waals surface area (Å²) in [6.45, 7) is 1.65. The molecule has 3 rings (SSSR count). The average molecular weight is 398 g/mol. The highest BCUT2D eigenvalue weighted by atomic mass is 16.5. The number of nitrogens with one attached hydrogen (secondary N) is 2. The van der Waals surface area contributed by atoms with Crippen LogP contribution in [-0.4, -0.2) is 45.3 Å². The van der Waals surface area contributed by atoms with E-state index in [0.717, 1.165) is 25.0 Å². The second-order valence-corrected chi connectivity index (χ2v) is 6.79. The molecule has 0 aliphatic carbocycles. The quantitative estimate of drug-likeness (QED) is 0.714. The summed E-state index contributed by atoms with van der Waals surface area (Å²) in [5.74, 6) is 0.724. The minimum absolute atomic E-state index is 0.116. The topological polar surface area (TPSA) is 85.9 Å². The standard InChI is InChI=1S/C22H26N2O5/c1-27-19-10-9-17(12-20(19)28-2)22(26)23-13-15-5-7-16(8-6-15)21(25)24-14-18-4-3-11-29-18/h5-10,12,18H,3-4,11,13-14H2,1-2H3,(H,23,26)(H,24,25). The van der Waals surface area contributed by atoms with E-state index < -0.39 is 0 Å². The monoisotopic (exact) mass is 398 g/mol. The van der Waals surface area contributed by atoms with Crippen molar-refractivity contribution in [3.05, 3.63) is 59.2 Å². The Hall–Kier alpha value is -3.06. The van der Waals surface area contributed by atoms with Crippen LogP contribution < -0.4 is 20.1 Å². The Morgan fingerprint density at radius 1 is 0.966 bits per heavy atom. The van der Waals surface area contributed by atoms with Crippen LogP contribution in [-0.2, 0) is 11.3 Å². The van der Waals surface area contributed by atoms with Crippen LogP contribution in [0.4, 0.5) is 0 Å². The summed E-state index contributed by atoms with van der Waals surface area (Å²) in [5.41, 5.74) is 1.96. The first-order valence-electron chi connectivity index (χ1n) is 9.59. The molecule has 2 N–H and O–H groups in total. The summed E-state index contributed by atoms with van der Waals surface area (Å²) in [4.78, 5) is 24.6. The van der Waals surface area contributed by atoms with E-state index in [4.69, 9.17) is 14.2 Å². The molecule has 1 unspecified atom stereocenters. The third kappa shape index (κ3) is 5.48. The molecule has 0 aromatic heterocycles. The summed E-state index contributed by atoms with van der Waals surface area (Å²) in [6.07, 6.45) is 2.15. The number of ether oxygens (including phenoxy) is 3. The van der Waals surface area contributed by atoms with Crippen molar-refractivity contribution in [3.63, 3.8) is 0 Å². The van der Waals surface area contributed by atoms with Gasteiger partial charge in [0.25, 0.3) is 11.8 Å². The van der Waals surface area contributed by atoms with E-state index in [0.29, 0.717) is 35.7 Å². The molecular weight excluding hydrogens is 372 g/mol. The Morgan fingerprint density at radius 2 is 1.66 bits per heavy atom. The third-order valence-electron chi connectivity index (χ3n) is 4.83. The Morgan fingerprint density at radius 3 is 2.31 bits per heavy atom. The van der Waals surface area contributed by atoms with Crippen LogP contribution in [0.3, 0.4) is 0 Å². The molecule has 0 radical (unpaired) electrons. The number of rotatable bonds is 8. The molecule has 7 heteroatoms. The average Bonchev–Trinajstić information content (AvgIpc) is 3.29. The molecule has 154 valence electrons. The van der Waals surface area contributed by atoms with Crippen LogP contribution in [0.2, 0.25) is 0 Å². The van der Waals surface area contributed by atoms with Crippen LogP contribution in [0, 0.1) is 0 Å². The molecular formula is C22H26N2O5. The fourth-order valence-electron chi connectivity index (χ4n) is 3.15. The van der Waals surface area contributed by atoms with Crippen molar-refractivity contribution in [2.75, 3.05) is 27.4 Å². The zero-order valence-electron chi connectivity index (χ0n) is 16.7. The van der Waals surface area contributed by atoms with Crippen molar-refractivity contribution in [2.45, 2.75) is 25.5 Å². The molecule has 2 amide bonds. The molecule has 0 bridgehead atoms. The molecule has 1 atom stereocenters. The summed E-state index contributed by atoms with van der Waals surface area (Å²) in [6, 6.07) is 12.2. The van der Waals surface area contributed by atoms with E-state index in [2.05, 4.69) is 10.6 Å². The first-order chi connectivity index (χ1) is 14.1. The maximum absolute atomic E-state index is 12.4. The van der Waals surface area contributed by atoms with E-state index in [1.807, 2.05) is 12.1 Å². The number of hydrogen-bond donors (Lipinski definition) is 2. The highest BCUT2D eigenvalue weighted by Crippen LogP contribution is 2.27. The SMILES string of the molecule is COc1ccc(C(=O)NCc2ccc(C(=O)NCC3CCCO3)cc2)cc1OC. The number of carbonyl (C=O) groups excluding carboxylic acids is 2. The van der Waals surface area contributed by atoms with Gasteiger partial charge in [0.05, 0.1) is 20.3 Å². The minimum atomic E-state index is -0.218. The van der Waals surface area contributed by atoms with Gasteiger partial charge in [-0.2, -0.15) is 0 Å². The third-order valence-corrected chi connectivity index (χ3v) is 4.83. The molecule has 0 spiro atoms. The summed E-state index contributed by atoms with van der Waals surface area (Å²) >= 11 is 0. The lowest BCUT2D eigenvalue weighted by Gasteiger charge is -2.11. The fourth-order valence-corrected chi connectivity index (χ4v) is 3.15. The minimum Gasteiger partial charge on any atom is -0.493 e. The van der Waals surface area contributed by atoms with Crippen molar-refractivity contribution in [1.29, 1.82) is 0 Å². The van der Waals surface area contributed by atoms with Crippen molar-refractivity contribution in [3.8, 4) is 11.5 Å². The number of benzene rings is 2. The van der Waals surface area contributed by atoms with E-state index >= 15 is 0 Å². The van der Waals surface area contributed by atoms with Gasteiger partial charge >= 0.3 is 0 Å². The van der Waals surface area contributed by atoms with Crippen LogP contribution >= 0.6 is 0 Å². The van der Waals surface area contributed by atoms with Gasteiger partial charge in [-0.05, 0) is 48.7 Å². The normalized spacial score (nSPS) is 15.6. The molecule has 1 heterocycles. The Labute approximate surface area is 170 Å². The maximum atomic E-state index is 12.4. The lowest BCUT2D eigenvalue weighted by molar-refractivity contribution is 0.0857.